The Hall–Kier alpha value is -1.77. The third kappa shape index (κ3) is 2.63. The zero-order valence-corrected chi connectivity index (χ0v) is 9.56. The minimum Gasteiger partial charge on any atom is -0.508 e. The minimum atomic E-state index is -0.346. The normalized spacial score (nSPS) is 11.9. The molecule has 0 aliphatic rings. The van der Waals surface area contributed by atoms with Gasteiger partial charge in [0.2, 0.25) is 0 Å². The average Bonchev–Trinajstić information content (AvgIpc) is 2.23. The lowest BCUT2D eigenvalue weighted by Crippen LogP contribution is -2.01. The summed E-state index contributed by atoms with van der Waals surface area (Å²) in [6.07, 6.45) is 2.01. The molecule has 3 heteroatoms. The van der Waals surface area contributed by atoms with Gasteiger partial charge in [-0.15, -0.1) is 6.58 Å². The van der Waals surface area contributed by atoms with Crippen molar-refractivity contribution in [3.05, 3.63) is 41.5 Å². The number of aryl methyl sites for hydroxylation is 1. The van der Waals surface area contributed by atoms with E-state index in [1.54, 1.807) is 19.1 Å². The molecule has 1 N–H and O–H groups in total. The Balaban J connectivity index is 3.08. The summed E-state index contributed by atoms with van der Waals surface area (Å²) >= 11 is 0. The van der Waals surface area contributed by atoms with Crippen LogP contribution < -0.4 is 0 Å². The molecule has 0 bridgehead atoms. The SMILES string of the molecule is C=CCc1cc(C)c(C(C)OC=O)cc1O. The molecule has 0 heterocycles. The molecule has 0 aliphatic carbocycles. The second kappa shape index (κ2) is 5.35. The second-order valence-corrected chi connectivity index (χ2v) is 3.70. The second-order valence-electron chi connectivity index (χ2n) is 3.70. The molecule has 0 saturated carbocycles. The van der Waals surface area contributed by atoms with Crippen molar-refractivity contribution in [2.45, 2.75) is 26.4 Å². The molecule has 0 radical (unpaired) electrons. The summed E-state index contributed by atoms with van der Waals surface area (Å²) in [5.41, 5.74) is 2.64. The van der Waals surface area contributed by atoms with Crippen molar-refractivity contribution in [3.63, 3.8) is 0 Å². The van der Waals surface area contributed by atoms with Crippen molar-refractivity contribution in [1.29, 1.82) is 0 Å². The largest absolute Gasteiger partial charge is 0.508 e. The Morgan fingerprint density at radius 2 is 2.25 bits per heavy atom. The van der Waals surface area contributed by atoms with E-state index >= 15 is 0 Å². The highest BCUT2D eigenvalue weighted by molar-refractivity contribution is 5.45. The number of allylic oxidation sites excluding steroid dienone is 1. The van der Waals surface area contributed by atoms with Gasteiger partial charge in [0.05, 0.1) is 0 Å². The summed E-state index contributed by atoms with van der Waals surface area (Å²) in [5, 5.41) is 9.77. The number of hydrogen-bond donors (Lipinski definition) is 1. The van der Waals surface area contributed by atoms with Crippen LogP contribution >= 0.6 is 0 Å². The lowest BCUT2D eigenvalue weighted by molar-refractivity contribution is -0.133. The summed E-state index contributed by atoms with van der Waals surface area (Å²) in [7, 11) is 0. The van der Waals surface area contributed by atoms with Gasteiger partial charge in [-0.1, -0.05) is 12.1 Å². The Morgan fingerprint density at radius 3 is 2.81 bits per heavy atom. The van der Waals surface area contributed by atoms with E-state index in [2.05, 4.69) is 6.58 Å². The predicted octanol–water partition coefficient (Wildman–Crippen LogP) is 2.66. The highest BCUT2D eigenvalue weighted by Gasteiger charge is 2.12. The zero-order chi connectivity index (χ0) is 12.1. The molecule has 0 amide bonds. The van der Waals surface area contributed by atoms with Gasteiger partial charge in [0.25, 0.3) is 6.47 Å². The molecule has 1 rings (SSSR count). The fourth-order valence-electron chi connectivity index (χ4n) is 1.69. The summed E-state index contributed by atoms with van der Waals surface area (Å²) in [5.74, 6) is 0.210. The highest BCUT2D eigenvalue weighted by Crippen LogP contribution is 2.28. The number of carbonyl (C=O) groups excluding carboxylic acids is 1. The molecular formula is C13H16O3. The van der Waals surface area contributed by atoms with Crippen LogP contribution in [0.25, 0.3) is 0 Å². The van der Waals surface area contributed by atoms with Crippen LogP contribution in [0.2, 0.25) is 0 Å². The molecule has 0 saturated heterocycles. The quantitative estimate of drug-likeness (QED) is 0.613. The lowest BCUT2D eigenvalue weighted by Gasteiger charge is -2.15. The molecule has 1 unspecified atom stereocenters. The van der Waals surface area contributed by atoms with E-state index in [-0.39, 0.29) is 11.9 Å². The Bertz CT molecular complexity index is 396. The van der Waals surface area contributed by atoms with Crippen molar-refractivity contribution < 1.29 is 14.6 Å². The smallest absolute Gasteiger partial charge is 0.293 e. The van der Waals surface area contributed by atoms with Gasteiger partial charge < -0.3 is 9.84 Å². The van der Waals surface area contributed by atoms with Crippen LogP contribution in [0.4, 0.5) is 0 Å². The Morgan fingerprint density at radius 1 is 1.56 bits per heavy atom. The molecule has 1 aromatic carbocycles. The number of phenolic OH excluding ortho intramolecular Hbond substituents is 1. The maximum atomic E-state index is 10.3. The zero-order valence-electron chi connectivity index (χ0n) is 9.56. The molecule has 0 aromatic heterocycles. The van der Waals surface area contributed by atoms with Crippen LogP contribution in [0.1, 0.15) is 29.7 Å². The molecular weight excluding hydrogens is 204 g/mol. The molecule has 1 atom stereocenters. The minimum absolute atomic E-state index is 0.210. The number of ether oxygens (including phenoxy) is 1. The van der Waals surface area contributed by atoms with E-state index in [4.69, 9.17) is 4.74 Å². The third-order valence-electron chi connectivity index (χ3n) is 2.53. The lowest BCUT2D eigenvalue weighted by atomic mass is 9.99. The van der Waals surface area contributed by atoms with Crippen LogP contribution in [-0.2, 0) is 16.0 Å². The first-order valence-corrected chi connectivity index (χ1v) is 5.12. The van der Waals surface area contributed by atoms with E-state index in [0.29, 0.717) is 12.9 Å². The van der Waals surface area contributed by atoms with Crippen LogP contribution in [-0.4, -0.2) is 11.6 Å². The third-order valence-corrected chi connectivity index (χ3v) is 2.53. The molecule has 0 aliphatic heterocycles. The van der Waals surface area contributed by atoms with Gasteiger partial charge in [0.15, 0.2) is 0 Å². The van der Waals surface area contributed by atoms with Gasteiger partial charge in [-0.05, 0) is 43.0 Å². The summed E-state index contributed by atoms with van der Waals surface area (Å²) < 4.78 is 4.85. The first-order valence-electron chi connectivity index (χ1n) is 5.12. The number of benzene rings is 1. The number of aromatic hydroxyl groups is 1. The van der Waals surface area contributed by atoms with Crippen LogP contribution in [0.3, 0.4) is 0 Å². The van der Waals surface area contributed by atoms with Crippen molar-refractivity contribution in [2.75, 3.05) is 0 Å². The van der Waals surface area contributed by atoms with Gasteiger partial charge in [-0.3, -0.25) is 4.79 Å². The fourth-order valence-corrected chi connectivity index (χ4v) is 1.69. The van der Waals surface area contributed by atoms with Crippen molar-refractivity contribution in [2.24, 2.45) is 0 Å². The van der Waals surface area contributed by atoms with Gasteiger partial charge in [0, 0.05) is 0 Å². The summed E-state index contributed by atoms with van der Waals surface area (Å²) in [4.78, 5) is 10.3. The molecule has 0 spiro atoms. The highest BCUT2D eigenvalue weighted by atomic mass is 16.5. The van der Waals surface area contributed by atoms with Gasteiger partial charge in [-0.2, -0.15) is 0 Å². The topological polar surface area (TPSA) is 46.5 Å². The first-order chi connectivity index (χ1) is 7.60. The maximum absolute atomic E-state index is 10.3. The van der Waals surface area contributed by atoms with E-state index in [9.17, 15) is 9.90 Å². The van der Waals surface area contributed by atoms with Gasteiger partial charge in [-0.25, -0.2) is 0 Å². The predicted molar refractivity (Wildman–Crippen MR) is 62.3 cm³/mol. The van der Waals surface area contributed by atoms with Gasteiger partial charge in [0.1, 0.15) is 11.9 Å². The Labute approximate surface area is 95.4 Å². The van der Waals surface area contributed by atoms with Crippen LogP contribution in [0, 0.1) is 6.92 Å². The average molecular weight is 220 g/mol. The van der Waals surface area contributed by atoms with E-state index in [1.807, 2.05) is 13.0 Å². The standard InChI is InChI=1S/C13H16O3/c1-4-5-11-6-9(2)12(7-13(11)15)10(3)16-8-14/h4,6-8,10,15H,1,5H2,2-3H3. The molecule has 3 nitrogen and oxygen atoms in total. The first kappa shape index (κ1) is 12.3. The molecule has 1 aromatic rings. The summed E-state index contributed by atoms with van der Waals surface area (Å²) in [6, 6.07) is 3.53. The van der Waals surface area contributed by atoms with E-state index < -0.39 is 0 Å². The van der Waals surface area contributed by atoms with E-state index in [0.717, 1.165) is 16.7 Å². The van der Waals surface area contributed by atoms with Crippen molar-refractivity contribution in [3.8, 4) is 5.75 Å². The van der Waals surface area contributed by atoms with Gasteiger partial charge >= 0.3 is 0 Å². The van der Waals surface area contributed by atoms with E-state index in [1.165, 1.54) is 0 Å². The summed E-state index contributed by atoms with van der Waals surface area (Å²) in [6.45, 7) is 7.74. The number of hydrogen-bond acceptors (Lipinski definition) is 3. The molecule has 86 valence electrons. The monoisotopic (exact) mass is 220 g/mol. The van der Waals surface area contributed by atoms with Crippen LogP contribution in [0.15, 0.2) is 24.8 Å². The number of rotatable bonds is 5. The number of phenols is 1. The Kier molecular flexibility index (Phi) is 4.11. The van der Waals surface area contributed by atoms with Crippen LogP contribution in [0.5, 0.6) is 5.75 Å². The molecule has 0 fully saturated rings. The maximum Gasteiger partial charge on any atom is 0.293 e. The van der Waals surface area contributed by atoms with Crippen molar-refractivity contribution in [1.82, 2.24) is 0 Å². The number of carbonyl (C=O) groups is 1. The van der Waals surface area contributed by atoms with Crippen molar-refractivity contribution >= 4 is 6.47 Å². The fraction of sp³-hybridized carbons (Fsp3) is 0.308. The molecule has 16 heavy (non-hydrogen) atoms.